The third kappa shape index (κ3) is 6.71. The summed E-state index contributed by atoms with van der Waals surface area (Å²) in [6.07, 6.45) is 0. The average Bonchev–Trinajstić information content (AvgIpc) is 2.56. The number of allylic oxidation sites excluding steroid dienone is 2. The third-order valence-electron chi connectivity index (χ3n) is 4.57. The first kappa shape index (κ1) is 26.3. The molecule has 2 aromatic carbocycles. The molecule has 0 aliphatic rings. The SMILES string of the molecule is C/C(=C(\C)c1ccc(CN(C)C)c(O)c1)c1ccc(CN(C)C)c(O)c1.Cl.Cl. The van der Waals surface area contributed by atoms with Crippen molar-refractivity contribution in [1.29, 1.82) is 0 Å². The van der Waals surface area contributed by atoms with Crippen molar-refractivity contribution in [2.24, 2.45) is 0 Å². The molecule has 0 fully saturated rings. The van der Waals surface area contributed by atoms with Gasteiger partial charge in [0.25, 0.3) is 0 Å². The number of phenolic OH excluding ortho intramolecular Hbond substituents is 2. The van der Waals surface area contributed by atoms with Crippen molar-refractivity contribution in [2.45, 2.75) is 26.9 Å². The fraction of sp³-hybridized carbons (Fsp3) is 0.364. The lowest BCUT2D eigenvalue weighted by molar-refractivity contribution is 0.386. The first-order valence-electron chi connectivity index (χ1n) is 8.80. The number of benzene rings is 2. The number of phenols is 2. The summed E-state index contributed by atoms with van der Waals surface area (Å²) in [7, 11) is 7.92. The van der Waals surface area contributed by atoms with Crippen LogP contribution in [0.3, 0.4) is 0 Å². The number of aromatic hydroxyl groups is 2. The van der Waals surface area contributed by atoms with Crippen LogP contribution in [0.2, 0.25) is 0 Å². The van der Waals surface area contributed by atoms with Crippen LogP contribution < -0.4 is 0 Å². The Morgan fingerprint density at radius 3 is 1.25 bits per heavy atom. The van der Waals surface area contributed by atoms with Gasteiger partial charge in [-0.1, -0.05) is 24.3 Å². The Bertz CT molecular complexity index is 751. The number of hydrogen-bond acceptors (Lipinski definition) is 4. The molecule has 6 heteroatoms. The monoisotopic (exact) mass is 426 g/mol. The highest BCUT2D eigenvalue weighted by atomic mass is 35.5. The van der Waals surface area contributed by atoms with E-state index < -0.39 is 0 Å². The Morgan fingerprint density at radius 2 is 1.00 bits per heavy atom. The van der Waals surface area contributed by atoms with Crippen LogP contribution in [-0.4, -0.2) is 48.2 Å². The van der Waals surface area contributed by atoms with Crippen molar-refractivity contribution in [3.05, 3.63) is 58.7 Å². The fourth-order valence-electron chi connectivity index (χ4n) is 2.98. The first-order valence-corrected chi connectivity index (χ1v) is 8.80. The summed E-state index contributed by atoms with van der Waals surface area (Å²) in [6, 6.07) is 11.7. The first-order chi connectivity index (χ1) is 12.2. The highest BCUT2D eigenvalue weighted by molar-refractivity contribution is 5.89. The van der Waals surface area contributed by atoms with Crippen LogP contribution in [0.1, 0.15) is 36.1 Å². The van der Waals surface area contributed by atoms with Crippen molar-refractivity contribution in [3.63, 3.8) is 0 Å². The quantitative estimate of drug-likeness (QED) is 0.636. The van der Waals surface area contributed by atoms with Gasteiger partial charge in [0, 0.05) is 24.2 Å². The minimum absolute atomic E-state index is 0. The number of rotatable bonds is 6. The van der Waals surface area contributed by atoms with E-state index in [1.54, 1.807) is 0 Å². The minimum Gasteiger partial charge on any atom is -0.508 e. The van der Waals surface area contributed by atoms with Gasteiger partial charge in [-0.2, -0.15) is 0 Å². The molecule has 2 aromatic rings. The molecule has 0 spiro atoms. The topological polar surface area (TPSA) is 46.9 Å². The molecule has 0 aliphatic carbocycles. The molecule has 0 aliphatic heterocycles. The maximum Gasteiger partial charge on any atom is 0.120 e. The molecule has 0 unspecified atom stereocenters. The zero-order valence-corrected chi connectivity index (χ0v) is 19.1. The normalized spacial score (nSPS) is 11.7. The van der Waals surface area contributed by atoms with E-state index >= 15 is 0 Å². The van der Waals surface area contributed by atoms with Crippen molar-refractivity contribution >= 4 is 36.0 Å². The summed E-state index contributed by atoms with van der Waals surface area (Å²) in [5, 5.41) is 20.6. The molecule has 28 heavy (non-hydrogen) atoms. The second kappa shape index (κ2) is 11.3. The molecule has 156 valence electrons. The molecule has 0 saturated carbocycles. The van der Waals surface area contributed by atoms with Crippen LogP contribution in [0.5, 0.6) is 11.5 Å². The summed E-state index contributed by atoms with van der Waals surface area (Å²) in [4.78, 5) is 4.06. The van der Waals surface area contributed by atoms with Crippen LogP contribution in [0.15, 0.2) is 36.4 Å². The van der Waals surface area contributed by atoms with Gasteiger partial charge in [-0.05, 0) is 76.4 Å². The predicted molar refractivity (Wildman–Crippen MR) is 124 cm³/mol. The van der Waals surface area contributed by atoms with E-state index in [1.807, 2.05) is 88.2 Å². The molecule has 0 aromatic heterocycles. The summed E-state index contributed by atoms with van der Waals surface area (Å²) in [5.74, 6) is 0.625. The van der Waals surface area contributed by atoms with Gasteiger partial charge in [0.05, 0.1) is 0 Å². The maximum absolute atomic E-state index is 10.3. The molecular formula is C22H32Cl2N2O2. The Balaban J connectivity index is 0.00000364. The van der Waals surface area contributed by atoms with Crippen molar-refractivity contribution in [2.75, 3.05) is 28.2 Å². The standard InChI is InChI=1S/C22H30N2O2.2ClH/c1-15(17-7-9-19(13-23(3)4)21(25)11-17)16(2)18-8-10-20(14-24(5)6)22(26)12-18;;/h7-12,25-26H,13-14H2,1-6H3;2*1H/b16-15-;;. The van der Waals surface area contributed by atoms with Crippen LogP contribution >= 0.6 is 24.8 Å². The van der Waals surface area contributed by atoms with Gasteiger partial charge in [-0.25, -0.2) is 0 Å². The summed E-state index contributed by atoms with van der Waals surface area (Å²) in [5.41, 5.74) is 5.96. The lowest BCUT2D eigenvalue weighted by Crippen LogP contribution is -2.10. The molecule has 0 radical (unpaired) electrons. The fourth-order valence-corrected chi connectivity index (χ4v) is 2.98. The van der Waals surface area contributed by atoms with Crippen molar-refractivity contribution < 1.29 is 10.2 Å². The van der Waals surface area contributed by atoms with E-state index in [0.717, 1.165) is 33.4 Å². The smallest absolute Gasteiger partial charge is 0.120 e. The molecule has 2 N–H and O–H groups in total. The molecule has 0 saturated heterocycles. The van der Waals surface area contributed by atoms with E-state index in [9.17, 15) is 10.2 Å². The van der Waals surface area contributed by atoms with E-state index in [0.29, 0.717) is 24.6 Å². The van der Waals surface area contributed by atoms with E-state index in [4.69, 9.17) is 0 Å². The van der Waals surface area contributed by atoms with Gasteiger partial charge in [0.1, 0.15) is 11.5 Å². The van der Waals surface area contributed by atoms with Crippen molar-refractivity contribution in [3.8, 4) is 11.5 Å². The van der Waals surface area contributed by atoms with Crippen LogP contribution in [0.4, 0.5) is 0 Å². The van der Waals surface area contributed by atoms with Gasteiger partial charge in [0.2, 0.25) is 0 Å². The van der Waals surface area contributed by atoms with E-state index in [2.05, 4.69) is 0 Å². The molecule has 0 atom stereocenters. The highest BCUT2D eigenvalue weighted by Crippen LogP contribution is 2.31. The second-order valence-electron chi connectivity index (χ2n) is 7.41. The third-order valence-corrected chi connectivity index (χ3v) is 4.57. The number of halogens is 2. The molecule has 2 rings (SSSR count). The average molecular weight is 427 g/mol. The van der Waals surface area contributed by atoms with Gasteiger partial charge in [-0.15, -0.1) is 24.8 Å². The molecule has 0 bridgehead atoms. The number of nitrogens with zero attached hydrogens (tertiary/aromatic N) is 2. The van der Waals surface area contributed by atoms with Crippen LogP contribution in [0.25, 0.3) is 11.1 Å². The van der Waals surface area contributed by atoms with E-state index in [-0.39, 0.29) is 24.8 Å². The van der Waals surface area contributed by atoms with Crippen LogP contribution in [-0.2, 0) is 13.1 Å². The van der Waals surface area contributed by atoms with Gasteiger partial charge in [0.15, 0.2) is 0 Å². The molecular weight excluding hydrogens is 395 g/mol. The largest absolute Gasteiger partial charge is 0.508 e. The van der Waals surface area contributed by atoms with Gasteiger partial charge < -0.3 is 20.0 Å². The van der Waals surface area contributed by atoms with Gasteiger partial charge >= 0.3 is 0 Å². The summed E-state index contributed by atoms with van der Waals surface area (Å²) >= 11 is 0. The Morgan fingerprint density at radius 1 is 0.679 bits per heavy atom. The van der Waals surface area contributed by atoms with E-state index in [1.165, 1.54) is 0 Å². The lowest BCUT2D eigenvalue weighted by Gasteiger charge is -2.15. The molecule has 0 heterocycles. The maximum atomic E-state index is 10.3. The lowest BCUT2D eigenvalue weighted by atomic mass is 9.95. The molecule has 0 amide bonds. The molecule has 4 nitrogen and oxygen atoms in total. The number of hydrogen-bond donors (Lipinski definition) is 2. The Labute approximate surface area is 181 Å². The van der Waals surface area contributed by atoms with Crippen molar-refractivity contribution in [1.82, 2.24) is 9.80 Å². The highest BCUT2D eigenvalue weighted by Gasteiger charge is 2.10. The minimum atomic E-state index is 0. The Hall–Kier alpha value is -1.72. The van der Waals surface area contributed by atoms with Crippen LogP contribution in [0, 0.1) is 0 Å². The zero-order chi connectivity index (χ0) is 19.4. The Kier molecular flexibility index (Phi) is 10.6. The zero-order valence-electron chi connectivity index (χ0n) is 17.5. The second-order valence-corrected chi connectivity index (χ2v) is 7.41. The predicted octanol–water partition coefficient (Wildman–Crippen LogP) is 5.02. The summed E-state index contributed by atoms with van der Waals surface area (Å²) in [6.45, 7) is 5.49. The van der Waals surface area contributed by atoms with Gasteiger partial charge in [-0.3, -0.25) is 0 Å². The summed E-state index contributed by atoms with van der Waals surface area (Å²) < 4.78 is 0.